The third-order valence-electron chi connectivity index (χ3n) is 2.71. The van der Waals surface area contributed by atoms with Crippen LogP contribution in [-0.4, -0.2) is 68.2 Å². The summed E-state index contributed by atoms with van der Waals surface area (Å²) in [7, 11) is 2.10. The van der Waals surface area contributed by atoms with Crippen molar-refractivity contribution >= 4 is 32.1 Å². The first kappa shape index (κ1) is 12.2. The molecule has 0 aromatic carbocycles. The Labute approximate surface area is 101 Å². The van der Waals surface area contributed by atoms with Crippen molar-refractivity contribution in [3.05, 3.63) is 0 Å². The first-order chi connectivity index (χ1) is 6.65. The van der Waals surface area contributed by atoms with Gasteiger partial charge in [-0.15, -0.1) is 0 Å². The predicted octanol–water partition coefficient (Wildman–Crippen LogP) is -0.560. The zero-order chi connectivity index (χ0) is 10.6. The molecule has 0 aromatic heterocycles. The number of carbonyl (C=O) groups is 1. The molecule has 1 rings (SSSR count). The number of carbonyl (C=O) groups excluding carboxylic acids is 1. The third kappa shape index (κ3) is 3.36. The van der Waals surface area contributed by atoms with Gasteiger partial charge in [0, 0.05) is 0 Å². The fraction of sp³-hybridized carbons (Fsp3) is 0.875. The molecule has 0 bridgehead atoms. The van der Waals surface area contributed by atoms with Gasteiger partial charge in [-0.25, -0.2) is 0 Å². The number of nitrogens with zero attached hydrogens (tertiary/aromatic N) is 2. The summed E-state index contributed by atoms with van der Waals surface area (Å²) in [5, 5.41) is 1.30. The van der Waals surface area contributed by atoms with Crippen molar-refractivity contribution in [1.82, 2.24) is 13.0 Å². The molecule has 1 aliphatic heterocycles. The normalized spacial score (nSPS) is 23.1. The van der Waals surface area contributed by atoms with Crippen LogP contribution in [0.2, 0.25) is 0 Å². The van der Waals surface area contributed by atoms with Crippen molar-refractivity contribution in [2.75, 3.05) is 20.1 Å². The van der Waals surface area contributed by atoms with E-state index >= 15 is 0 Å². The molecule has 1 unspecified atom stereocenters. The van der Waals surface area contributed by atoms with Crippen LogP contribution in [0.15, 0.2) is 0 Å². The molecule has 0 saturated carbocycles. The zero-order valence-corrected chi connectivity index (χ0v) is 13.1. The van der Waals surface area contributed by atoms with Gasteiger partial charge in [0.25, 0.3) is 0 Å². The molecule has 2 amide bonds. The number of hydrogen-bond donors (Lipinski definition) is 2. The number of hydrazine groups is 1. The fourth-order valence-corrected chi connectivity index (χ4v) is 2.41. The van der Waals surface area contributed by atoms with Crippen molar-refractivity contribution in [3.63, 3.8) is 0 Å². The Balaban J connectivity index is 2.38. The molecule has 0 aromatic rings. The molecule has 6 heteroatoms. The van der Waals surface area contributed by atoms with Crippen molar-refractivity contribution < 1.29 is 4.79 Å². The molecule has 0 spiro atoms. The van der Waals surface area contributed by atoms with Gasteiger partial charge in [-0.05, 0) is 0 Å². The number of likely N-dealkylation sites (N-methyl/N-ethyl adjacent to an activating group) is 1. The molecule has 0 aliphatic carbocycles. The van der Waals surface area contributed by atoms with Gasteiger partial charge in [0.05, 0.1) is 0 Å². The Morgan fingerprint density at radius 3 is 3.00 bits per heavy atom. The maximum atomic E-state index is 11.2. The summed E-state index contributed by atoms with van der Waals surface area (Å²) >= 11 is 0.461. The molecule has 1 heterocycles. The zero-order valence-electron chi connectivity index (χ0n) is 8.57. The van der Waals surface area contributed by atoms with Crippen molar-refractivity contribution in [3.8, 4) is 0 Å². The van der Waals surface area contributed by atoms with Gasteiger partial charge < -0.3 is 0 Å². The van der Waals surface area contributed by atoms with Gasteiger partial charge in [-0.3, -0.25) is 0 Å². The molecule has 1 saturated heterocycles. The van der Waals surface area contributed by atoms with Crippen molar-refractivity contribution in [1.29, 1.82) is 0 Å². The first-order valence-corrected chi connectivity index (χ1v) is 7.12. The second-order valence-electron chi connectivity index (χ2n) is 3.73. The van der Waals surface area contributed by atoms with Crippen LogP contribution in [0, 0.1) is 0 Å². The summed E-state index contributed by atoms with van der Waals surface area (Å²) in [5.74, 6) is 5.64. The third-order valence-corrected chi connectivity index (χ3v) is 3.67. The first-order valence-electron chi connectivity index (χ1n) is 4.88. The van der Waals surface area contributed by atoms with Gasteiger partial charge in [-0.2, -0.15) is 0 Å². The topological polar surface area (TPSA) is 61.6 Å². The molecule has 14 heavy (non-hydrogen) atoms. The average Bonchev–Trinajstić information content (AvgIpc) is 2.20. The Hall–Kier alpha value is 0.112. The van der Waals surface area contributed by atoms with E-state index in [4.69, 9.17) is 5.84 Å². The number of urea groups is 1. The number of piperidine rings is 1. The molecule has 0 radical (unpaired) electrons. The van der Waals surface area contributed by atoms with E-state index in [1.165, 1.54) is 17.9 Å². The standard InChI is InChI=1S/C8H18N4O.Tl/c1-11-5-3-2-4-7(11)6-12(10)8(9)13;/h7H,2-6,10H2,1H3,(H2,9,13);/q;+1/p-1. The van der Waals surface area contributed by atoms with Gasteiger partial charge in [0.1, 0.15) is 0 Å². The number of likely N-dealkylation sites (tertiary alicyclic amines) is 1. The molecular formula is C8H17N4OTl. The predicted molar refractivity (Wildman–Crippen MR) is 55.4 cm³/mol. The second kappa shape index (κ2) is 5.86. The summed E-state index contributed by atoms with van der Waals surface area (Å²) in [4.78, 5) is 13.5. The van der Waals surface area contributed by atoms with Crippen LogP contribution in [-0.2, 0) is 0 Å². The van der Waals surface area contributed by atoms with E-state index in [9.17, 15) is 4.79 Å². The minimum atomic E-state index is -0.144. The Morgan fingerprint density at radius 2 is 2.43 bits per heavy atom. The number of rotatable bonds is 2. The van der Waals surface area contributed by atoms with E-state index < -0.39 is 0 Å². The van der Waals surface area contributed by atoms with Crippen LogP contribution in [0.1, 0.15) is 19.3 Å². The molecule has 1 fully saturated rings. The molecule has 3 N–H and O–H groups in total. The van der Waals surface area contributed by atoms with Gasteiger partial charge in [-0.1, -0.05) is 0 Å². The Bertz CT molecular complexity index is 202. The van der Waals surface area contributed by atoms with E-state index in [1.54, 1.807) is 0 Å². The number of nitrogens with two attached hydrogens (primary N) is 1. The SMILES string of the molecule is CN1CCCCC1CN(N)C(=O)[NH][Tl]. The van der Waals surface area contributed by atoms with Crippen molar-refractivity contribution in [2.24, 2.45) is 5.84 Å². The molecule has 78 valence electrons. The van der Waals surface area contributed by atoms with E-state index in [0.29, 0.717) is 38.7 Å². The molecule has 5 nitrogen and oxygen atoms in total. The summed E-state index contributed by atoms with van der Waals surface area (Å²) < 4.78 is 2.68. The summed E-state index contributed by atoms with van der Waals surface area (Å²) in [6.07, 6.45) is 3.64. The minimum absolute atomic E-state index is 0.144. The van der Waals surface area contributed by atoms with Crippen LogP contribution in [0.4, 0.5) is 4.79 Å². The van der Waals surface area contributed by atoms with Crippen molar-refractivity contribution in [2.45, 2.75) is 25.3 Å². The van der Waals surface area contributed by atoms with Crippen LogP contribution in [0.5, 0.6) is 0 Å². The molecule has 1 atom stereocenters. The van der Waals surface area contributed by atoms with Crippen LogP contribution in [0.25, 0.3) is 0 Å². The number of hydrogen-bond acceptors (Lipinski definition) is 3. The maximum absolute atomic E-state index is 11.2. The molecule has 1 aliphatic rings. The van der Waals surface area contributed by atoms with Crippen LogP contribution in [0.3, 0.4) is 0 Å². The van der Waals surface area contributed by atoms with Gasteiger partial charge in [0.2, 0.25) is 0 Å². The van der Waals surface area contributed by atoms with E-state index in [2.05, 4.69) is 15.1 Å². The van der Waals surface area contributed by atoms with Gasteiger partial charge >= 0.3 is 101 Å². The van der Waals surface area contributed by atoms with E-state index in [0.717, 1.165) is 13.0 Å². The van der Waals surface area contributed by atoms with Crippen LogP contribution >= 0.6 is 0 Å². The van der Waals surface area contributed by atoms with Gasteiger partial charge in [0.15, 0.2) is 0 Å². The number of nitrogens with one attached hydrogen (secondary N) is 1. The molecular weight excluding hydrogens is 372 g/mol. The monoisotopic (exact) mass is 390 g/mol. The fourth-order valence-electron chi connectivity index (χ4n) is 1.77. The summed E-state index contributed by atoms with van der Waals surface area (Å²) in [6, 6.07) is 0.282. The quantitative estimate of drug-likeness (QED) is 0.288. The van der Waals surface area contributed by atoms with E-state index in [1.807, 2.05) is 0 Å². The second-order valence-corrected chi connectivity index (χ2v) is 4.85. The van der Waals surface area contributed by atoms with E-state index in [-0.39, 0.29) is 6.03 Å². The van der Waals surface area contributed by atoms with Crippen LogP contribution < -0.4 is 8.97 Å². The Morgan fingerprint density at radius 1 is 1.71 bits per heavy atom. The summed E-state index contributed by atoms with van der Waals surface area (Å²) in [5.41, 5.74) is 0. The average molecular weight is 390 g/mol. The number of amides is 2. The Kier molecular flexibility index (Phi) is 5.10. The summed E-state index contributed by atoms with van der Waals surface area (Å²) in [6.45, 7) is 1.75.